The average molecular weight is 333 g/mol. The first-order valence-electron chi connectivity index (χ1n) is 7.78. The van der Waals surface area contributed by atoms with Gasteiger partial charge >= 0.3 is 0 Å². The lowest BCUT2D eigenvalue weighted by molar-refractivity contribution is 0.411. The maximum Gasteiger partial charge on any atom is 0.154 e. The second-order valence-corrected chi connectivity index (χ2v) is 7.21. The van der Waals surface area contributed by atoms with Crippen molar-refractivity contribution in [3.8, 4) is 11.1 Å². The molecule has 0 unspecified atom stereocenters. The first-order valence-corrected chi connectivity index (χ1v) is 7.78. The van der Waals surface area contributed by atoms with Crippen LogP contribution in [0, 0.1) is 29.8 Å². The number of rotatable bonds is 4. The van der Waals surface area contributed by atoms with Crippen LogP contribution in [0.2, 0.25) is 0 Å². The minimum Gasteiger partial charge on any atom is -0.357 e. The summed E-state index contributed by atoms with van der Waals surface area (Å²) in [6.45, 7) is 11.8. The summed E-state index contributed by atoms with van der Waals surface area (Å²) in [6, 6.07) is 6.43. The third-order valence-corrected chi connectivity index (χ3v) is 3.61. The monoisotopic (exact) mass is 333 g/mol. The van der Waals surface area contributed by atoms with Crippen molar-refractivity contribution in [1.82, 2.24) is 0 Å². The number of hydrogen-bond acceptors (Lipinski definition) is 1. The van der Waals surface area contributed by atoms with Crippen LogP contribution in [-0.2, 0) is 0 Å². The Balaban J connectivity index is 2.42. The Morgan fingerprint density at radius 2 is 1.75 bits per heavy atom. The summed E-state index contributed by atoms with van der Waals surface area (Å²) in [7, 11) is 0. The number of allylic oxidation sites excluding steroid dienone is 1. The Bertz CT molecular complexity index is 773. The van der Waals surface area contributed by atoms with E-state index in [9.17, 15) is 13.2 Å². The largest absolute Gasteiger partial charge is 0.357 e. The molecule has 0 amide bonds. The number of nitrogens with one attached hydrogen (secondary N) is 1. The molecule has 24 heavy (non-hydrogen) atoms. The molecule has 4 heteroatoms. The first kappa shape index (κ1) is 18.1. The predicted octanol–water partition coefficient (Wildman–Crippen LogP) is 6.44. The standard InChI is InChI=1S/C20H22F3N/c1-12-6-9-17(24-13(2)11-20(3,4)5)19(23)18(12)15-8-7-14(21)10-16(15)22/h6-10,24H,2,11H2,1,3-5H3. The number of hydrogen-bond donors (Lipinski definition) is 1. The molecular weight excluding hydrogens is 311 g/mol. The molecule has 2 aromatic rings. The SMILES string of the molecule is C=C(CC(C)(C)C)Nc1ccc(C)c(-c2ccc(F)cc2F)c1F. The molecular formula is C20H22F3N. The molecule has 0 heterocycles. The van der Waals surface area contributed by atoms with Gasteiger partial charge in [-0.1, -0.05) is 33.4 Å². The number of anilines is 1. The molecule has 2 aromatic carbocycles. The predicted molar refractivity (Wildman–Crippen MR) is 93.3 cm³/mol. The normalized spacial score (nSPS) is 11.5. The Kier molecular flexibility index (Phi) is 5.07. The van der Waals surface area contributed by atoms with E-state index >= 15 is 0 Å². The molecule has 128 valence electrons. The van der Waals surface area contributed by atoms with Crippen molar-refractivity contribution < 1.29 is 13.2 Å². The van der Waals surface area contributed by atoms with Crippen molar-refractivity contribution in [3.05, 3.63) is 65.6 Å². The smallest absolute Gasteiger partial charge is 0.154 e. The van der Waals surface area contributed by atoms with E-state index in [-0.39, 0.29) is 22.2 Å². The molecule has 0 aliphatic carbocycles. The highest BCUT2D eigenvalue weighted by molar-refractivity contribution is 5.73. The molecule has 0 radical (unpaired) electrons. The molecule has 0 aliphatic heterocycles. The van der Waals surface area contributed by atoms with Crippen LogP contribution in [0.5, 0.6) is 0 Å². The van der Waals surface area contributed by atoms with Crippen molar-refractivity contribution >= 4 is 5.69 Å². The Morgan fingerprint density at radius 1 is 1.08 bits per heavy atom. The summed E-state index contributed by atoms with van der Waals surface area (Å²) < 4.78 is 42.1. The van der Waals surface area contributed by atoms with E-state index in [1.165, 1.54) is 6.07 Å². The minimum absolute atomic E-state index is 0.0111. The molecule has 0 saturated heterocycles. The fourth-order valence-corrected chi connectivity index (χ4v) is 2.67. The highest BCUT2D eigenvalue weighted by Crippen LogP contribution is 2.34. The minimum atomic E-state index is -0.789. The van der Waals surface area contributed by atoms with E-state index < -0.39 is 17.5 Å². The molecule has 0 atom stereocenters. The van der Waals surface area contributed by atoms with Gasteiger partial charge in [-0.15, -0.1) is 0 Å². The summed E-state index contributed by atoms with van der Waals surface area (Å²) in [4.78, 5) is 0. The fraction of sp³-hybridized carbons (Fsp3) is 0.300. The van der Waals surface area contributed by atoms with Gasteiger partial charge in [0.1, 0.15) is 11.6 Å². The van der Waals surface area contributed by atoms with Gasteiger partial charge < -0.3 is 5.32 Å². The maximum atomic E-state index is 14.9. The van der Waals surface area contributed by atoms with E-state index in [4.69, 9.17) is 0 Å². The second-order valence-electron chi connectivity index (χ2n) is 7.21. The van der Waals surface area contributed by atoms with Gasteiger partial charge in [0, 0.05) is 22.9 Å². The fourth-order valence-electron chi connectivity index (χ4n) is 2.67. The van der Waals surface area contributed by atoms with Crippen molar-refractivity contribution in [2.45, 2.75) is 34.1 Å². The third kappa shape index (κ3) is 4.19. The van der Waals surface area contributed by atoms with E-state index in [1.54, 1.807) is 19.1 Å². The van der Waals surface area contributed by atoms with Gasteiger partial charge in [-0.05, 0) is 42.5 Å². The Labute approximate surface area is 141 Å². The Morgan fingerprint density at radius 3 is 2.33 bits per heavy atom. The van der Waals surface area contributed by atoms with Crippen LogP contribution in [0.1, 0.15) is 32.8 Å². The van der Waals surface area contributed by atoms with Crippen LogP contribution < -0.4 is 5.32 Å². The quantitative estimate of drug-likeness (QED) is 0.679. The third-order valence-electron chi connectivity index (χ3n) is 3.61. The topological polar surface area (TPSA) is 12.0 Å². The lowest BCUT2D eigenvalue weighted by Crippen LogP contribution is -2.11. The lowest BCUT2D eigenvalue weighted by atomic mass is 9.90. The van der Waals surface area contributed by atoms with Crippen molar-refractivity contribution in [3.63, 3.8) is 0 Å². The number of benzene rings is 2. The van der Waals surface area contributed by atoms with Crippen LogP contribution >= 0.6 is 0 Å². The zero-order valence-electron chi connectivity index (χ0n) is 14.4. The van der Waals surface area contributed by atoms with Crippen molar-refractivity contribution in [2.75, 3.05) is 5.32 Å². The molecule has 0 aliphatic rings. The van der Waals surface area contributed by atoms with Crippen LogP contribution in [0.4, 0.5) is 18.9 Å². The van der Waals surface area contributed by atoms with Crippen LogP contribution in [0.3, 0.4) is 0 Å². The van der Waals surface area contributed by atoms with Gasteiger partial charge in [0.15, 0.2) is 5.82 Å². The average Bonchev–Trinajstić information content (AvgIpc) is 2.42. The maximum absolute atomic E-state index is 14.9. The molecule has 1 N–H and O–H groups in total. The summed E-state index contributed by atoms with van der Waals surface area (Å²) in [5.41, 5.74) is 1.66. The summed E-state index contributed by atoms with van der Waals surface area (Å²) in [5.74, 6) is -2.06. The van der Waals surface area contributed by atoms with Crippen LogP contribution in [0.15, 0.2) is 42.6 Å². The zero-order chi connectivity index (χ0) is 18.1. The van der Waals surface area contributed by atoms with Gasteiger partial charge in [-0.2, -0.15) is 0 Å². The number of halogens is 3. The van der Waals surface area contributed by atoms with Gasteiger partial charge in [0.2, 0.25) is 0 Å². The summed E-state index contributed by atoms with van der Waals surface area (Å²) >= 11 is 0. The van der Waals surface area contributed by atoms with Gasteiger partial charge in [-0.25, -0.2) is 13.2 Å². The zero-order valence-corrected chi connectivity index (χ0v) is 14.4. The molecule has 0 spiro atoms. The van der Waals surface area contributed by atoms with Crippen molar-refractivity contribution in [1.29, 1.82) is 0 Å². The molecule has 2 rings (SSSR count). The van der Waals surface area contributed by atoms with E-state index in [0.29, 0.717) is 17.7 Å². The first-order chi connectivity index (χ1) is 11.1. The van der Waals surface area contributed by atoms with Gasteiger partial charge in [0.05, 0.1) is 5.69 Å². The van der Waals surface area contributed by atoms with Gasteiger partial charge in [-0.3, -0.25) is 0 Å². The van der Waals surface area contributed by atoms with E-state index in [1.807, 2.05) is 0 Å². The Hall–Kier alpha value is -2.23. The highest BCUT2D eigenvalue weighted by Gasteiger charge is 2.18. The molecule has 0 fully saturated rings. The van der Waals surface area contributed by atoms with Crippen LogP contribution in [0.25, 0.3) is 11.1 Å². The molecule has 0 aromatic heterocycles. The molecule has 0 saturated carbocycles. The van der Waals surface area contributed by atoms with E-state index in [0.717, 1.165) is 12.1 Å². The second kappa shape index (κ2) is 6.71. The van der Waals surface area contributed by atoms with Crippen molar-refractivity contribution in [2.24, 2.45) is 5.41 Å². The lowest BCUT2D eigenvalue weighted by Gasteiger charge is -2.21. The van der Waals surface area contributed by atoms with Gasteiger partial charge in [0.25, 0.3) is 0 Å². The molecule has 0 bridgehead atoms. The highest BCUT2D eigenvalue weighted by atomic mass is 19.1. The molecule has 1 nitrogen and oxygen atoms in total. The van der Waals surface area contributed by atoms with E-state index in [2.05, 4.69) is 32.7 Å². The van der Waals surface area contributed by atoms with Crippen LogP contribution in [-0.4, -0.2) is 0 Å². The summed E-state index contributed by atoms with van der Waals surface area (Å²) in [5, 5.41) is 2.97. The summed E-state index contributed by atoms with van der Waals surface area (Å²) in [6.07, 6.45) is 0.667. The number of aryl methyl sites for hydroxylation is 1.